The lowest BCUT2D eigenvalue weighted by molar-refractivity contribution is 0.660. The van der Waals surface area contributed by atoms with Crippen LogP contribution in [0.4, 0.5) is 0 Å². The van der Waals surface area contributed by atoms with E-state index >= 15 is 0 Å². The highest BCUT2D eigenvalue weighted by Gasteiger charge is 2.35. The average Bonchev–Trinajstić information content (AvgIpc) is 3.49. The van der Waals surface area contributed by atoms with Gasteiger partial charge in [-0.3, -0.25) is 0 Å². The molecule has 0 fully saturated rings. The van der Waals surface area contributed by atoms with Crippen LogP contribution in [0.15, 0.2) is 194 Å². The first-order valence-electron chi connectivity index (χ1n) is 19.0. The summed E-state index contributed by atoms with van der Waals surface area (Å²) in [5.41, 5.74) is 17.3. The van der Waals surface area contributed by atoms with Gasteiger partial charge in [-0.2, -0.15) is 0 Å². The van der Waals surface area contributed by atoms with Crippen molar-refractivity contribution in [3.63, 3.8) is 0 Å². The van der Waals surface area contributed by atoms with Gasteiger partial charge < -0.3 is 0 Å². The Morgan fingerprint density at radius 2 is 0.800 bits per heavy atom. The van der Waals surface area contributed by atoms with Crippen molar-refractivity contribution in [2.45, 2.75) is 19.3 Å². The monoisotopic (exact) mass is 702 g/mol. The van der Waals surface area contributed by atoms with Crippen molar-refractivity contribution in [2.75, 3.05) is 0 Å². The van der Waals surface area contributed by atoms with Gasteiger partial charge in [-0.15, -0.1) is 0 Å². The van der Waals surface area contributed by atoms with Crippen LogP contribution in [0, 0.1) is 0 Å². The van der Waals surface area contributed by atoms with Gasteiger partial charge in [0, 0.05) is 22.1 Å². The Balaban J connectivity index is 1.15. The molecule has 0 bridgehead atoms. The molecule has 0 unspecified atom stereocenters. The predicted octanol–water partition coefficient (Wildman–Crippen LogP) is 13.9. The summed E-state index contributed by atoms with van der Waals surface area (Å²) < 4.78 is 0. The van der Waals surface area contributed by atoms with Crippen molar-refractivity contribution in [3.05, 3.63) is 205 Å². The summed E-state index contributed by atoms with van der Waals surface area (Å²) in [5, 5.41) is 2.36. The molecule has 1 aromatic heterocycles. The lowest BCUT2D eigenvalue weighted by Gasteiger charge is -2.22. The smallest absolute Gasteiger partial charge is 0.160 e. The topological polar surface area (TPSA) is 25.8 Å². The quantitative estimate of drug-likeness (QED) is 0.172. The first-order chi connectivity index (χ1) is 27.0. The van der Waals surface area contributed by atoms with Gasteiger partial charge in [0.2, 0.25) is 0 Å². The number of nitrogens with zero attached hydrogens (tertiary/aromatic N) is 2. The zero-order chi connectivity index (χ0) is 36.9. The minimum Gasteiger partial charge on any atom is -0.228 e. The van der Waals surface area contributed by atoms with Gasteiger partial charge in [0.05, 0.1) is 11.4 Å². The van der Waals surface area contributed by atoms with Gasteiger partial charge in [0.1, 0.15) is 0 Å². The third-order valence-electron chi connectivity index (χ3n) is 11.3. The Labute approximate surface area is 322 Å². The Kier molecular flexibility index (Phi) is 7.85. The molecule has 0 spiro atoms. The Morgan fingerprint density at radius 1 is 0.309 bits per heavy atom. The molecule has 10 rings (SSSR count). The maximum Gasteiger partial charge on any atom is 0.160 e. The van der Waals surface area contributed by atoms with Crippen molar-refractivity contribution < 1.29 is 0 Å². The van der Waals surface area contributed by atoms with Crippen molar-refractivity contribution in [1.82, 2.24) is 9.97 Å². The Hall–Kier alpha value is -6.90. The van der Waals surface area contributed by atoms with E-state index in [-0.39, 0.29) is 5.41 Å². The van der Waals surface area contributed by atoms with Crippen molar-refractivity contribution >= 4 is 10.8 Å². The van der Waals surface area contributed by atoms with E-state index in [2.05, 4.69) is 202 Å². The van der Waals surface area contributed by atoms with Gasteiger partial charge in [-0.05, 0) is 96.7 Å². The molecule has 8 aromatic carbocycles. The van der Waals surface area contributed by atoms with E-state index in [1.165, 1.54) is 49.9 Å². The summed E-state index contributed by atoms with van der Waals surface area (Å²) in [6.07, 6.45) is 0. The molecule has 0 saturated heterocycles. The van der Waals surface area contributed by atoms with Gasteiger partial charge >= 0.3 is 0 Å². The van der Waals surface area contributed by atoms with Crippen LogP contribution in [0.3, 0.4) is 0 Å². The molecule has 0 atom stereocenters. The molecule has 0 aliphatic heterocycles. The molecule has 1 heterocycles. The zero-order valence-corrected chi connectivity index (χ0v) is 30.9. The molecule has 9 aromatic rings. The zero-order valence-electron chi connectivity index (χ0n) is 30.9. The van der Waals surface area contributed by atoms with E-state index in [1.807, 2.05) is 6.07 Å². The van der Waals surface area contributed by atoms with E-state index in [9.17, 15) is 0 Å². The molecule has 0 saturated carbocycles. The largest absolute Gasteiger partial charge is 0.228 e. The second-order valence-corrected chi connectivity index (χ2v) is 15.0. The van der Waals surface area contributed by atoms with E-state index in [0.29, 0.717) is 5.82 Å². The highest BCUT2D eigenvalue weighted by Crippen LogP contribution is 2.50. The molecule has 2 heteroatoms. The minimum absolute atomic E-state index is 0.0684. The maximum absolute atomic E-state index is 5.29. The number of rotatable bonds is 6. The molecule has 260 valence electrons. The second-order valence-electron chi connectivity index (χ2n) is 15.0. The summed E-state index contributed by atoms with van der Waals surface area (Å²) in [4.78, 5) is 10.6. The number of benzene rings is 8. The molecule has 0 amide bonds. The standard InChI is InChI=1S/C53H38N2/c1-53(2)48-25-15-14-24-45(48)46-27-26-38(33-49(46)53)42-28-29-47(44-23-13-12-22-43(42)44)51-34-50(54-52(55-51)37-20-10-5-11-21-37)41-31-39(35-16-6-3-7-17-35)30-40(32-41)36-18-8-4-9-19-36/h3-34H,1-2H3. The fraction of sp³-hybridized carbons (Fsp3) is 0.0566. The third-order valence-corrected chi connectivity index (χ3v) is 11.3. The Bertz CT molecular complexity index is 2820. The molecule has 1 aliphatic rings. The number of hydrogen-bond donors (Lipinski definition) is 0. The van der Waals surface area contributed by atoms with Crippen molar-refractivity contribution in [2.24, 2.45) is 0 Å². The molecular formula is C53H38N2. The minimum atomic E-state index is -0.0684. The summed E-state index contributed by atoms with van der Waals surface area (Å²) in [6, 6.07) is 69.6. The highest BCUT2D eigenvalue weighted by atomic mass is 14.9. The van der Waals surface area contributed by atoms with Crippen LogP contribution in [-0.4, -0.2) is 9.97 Å². The molecule has 1 aliphatic carbocycles. The van der Waals surface area contributed by atoms with Gasteiger partial charge in [-0.25, -0.2) is 9.97 Å². The number of fused-ring (bicyclic) bond motifs is 4. The Morgan fingerprint density at radius 3 is 1.47 bits per heavy atom. The van der Waals surface area contributed by atoms with E-state index in [1.54, 1.807) is 0 Å². The fourth-order valence-electron chi connectivity index (χ4n) is 8.47. The molecule has 2 nitrogen and oxygen atoms in total. The van der Waals surface area contributed by atoms with Crippen LogP contribution in [-0.2, 0) is 5.41 Å². The van der Waals surface area contributed by atoms with Gasteiger partial charge in [0.25, 0.3) is 0 Å². The maximum atomic E-state index is 5.29. The highest BCUT2D eigenvalue weighted by molar-refractivity contribution is 6.05. The molecule has 55 heavy (non-hydrogen) atoms. The summed E-state index contributed by atoms with van der Waals surface area (Å²) in [6.45, 7) is 4.69. The summed E-state index contributed by atoms with van der Waals surface area (Å²) in [5.74, 6) is 0.702. The number of hydrogen-bond acceptors (Lipinski definition) is 2. The van der Waals surface area contributed by atoms with Gasteiger partial charge in [0.15, 0.2) is 5.82 Å². The lowest BCUT2D eigenvalue weighted by atomic mass is 9.81. The first kappa shape index (κ1) is 32.7. The summed E-state index contributed by atoms with van der Waals surface area (Å²) >= 11 is 0. The molecule has 0 radical (unpaired) electrons. The SMILES string of the molecule is CC1(C)c2ccccc2-c2ccc(-c3ccc(-c4cc(-c5cc(-c6ccccc6)cc(-c6ccccc6)c5)nc(-c5ccccc5)n4)c4ccccc34)cc21. The summed E-state index contributed by atoms with van der Waals surface area (Å²) in [7, 11) is 0. The fourth-order valence-corrected chi connectivity index (χ4v) is 8.47. The van der Waals surface area contributed by atoms with Crippen LogP contribution in [0.1, 0.15) is 25.0 Å². The van der Waals surface area contributed by atoms with Crippen LogP contribution in [0.5, 0.6) is 0 Å². The normalized spacial score (nSPS) is 12.7. The molecular weight excluding hydrogens is 665 g/mol. The van der Waals surface area contributed by atoms with Gasteiger partial charge in [-0.1, -0.05) is 178 Å². The van der Waals surface area contributed by atoms with E-state index in [4.69, 9.17) is 9.97 Å². The second kappa shape index (κ2) is 13.2. The van der Waals surface area contributed by atoms with Crippen LogP contribution in [0.25, 0.3) is 89.2 Å². The predicted molar refractivity (Wildman–Crippen MR) is 230 cm³/mol. The van der Waals surface area contributed by atoms with E-state index < -0.39 is 0 Å². The van der Waals surface area contributed by atoms with Crippen molar-refractivity contribution in [3.8, 4) is 78.4 Å². The van der Waals surface area contributed by atoms with Crippen molar-refractivity contribution in [1.29, 1.82) is 0 Å². The lowest BCUT2D eigenvalue weighted by Crippen LogP contribution is -2.14. The first-order valence-corrected chi connectivity index (χ1v) is 19.0. The van der Waals surface area contributed by atoms with Crippen LogP contribution >= 0.6 is 0 Å². The average molecular weight is 703 g/mol. The number of aromatic nitrogens is 2. The third kappa shape index (κ3) is 5.75. The van der Waals surface area contributed by atoms with Crippen LogP contribution < -0.4 is 0 Å². The van der Waals surface area contributed by atoms with E-state index in [0.717, 1.165) is 44.6 Å². The van der Waals surface area contributed by atoms with Crippen LogP contribution in [0.2, 0.25) is 0 Å². The molecule has 0 N–H and O–H groups in total.